The molecule has 4 nitrogen and oxygen atoms in total. The fraction of sp³-hybridized carbons (Fsp3) is 0.615. The molecule has 0 amide bonds. The molecule has 0 unspecified atom stereocenters. The smallest absolute Gasteiger partial charge is 0.245 e. The summed E-state index contributed by atoms with van der Waals surface area (Å²) in [7, 11) is 2.07. The molecule has 0 saturated heterocycles. The molecule has 0 aliphatic heterocycles. The molecule has 1 heterocycles. The summed E-state index contributed by atoms with van der Waals surface area (Å²) < 4.78 is 4.36. The van der Waals surface area contributed by atoms with Crippen molar-refractivity contribution in [3.63, 3.8) is 0 Å². The third kappa shape index (κ3) is 4.93. The van der Waals surface area contributed by atoms with Crippen molar-refractivity contribution in [2.24, 2.45) is 0 Å². The van der Waals surface area contributed by atoms with Gasteiger partial charge in [0, 0.05) is 25.5 Å². The van der Waals surface area contributed by atoms with Gasteiger partial charge in [-0.05, 0) is 27.7 Å². The Hall–Kier alpha value is -1.45. The van der Waals surface area contributed by atoms with Crippen LogP contribution in [0.25, 0.3) is 0 Å². The fourth-order valence-electron chi connectivity index (χ4n) is 1.47. The lowest BCUT2D eigenvalue weighted by Crippen LogP contribution is -2.38. The number of aromatic nitrogens is 2. The Morgan fingerprint density at radius 2 is 2.06 bits per heavy atom. The lowest BCUT2D eigenvalue weighted by Gasteiger charge is -2.11. The zero-order chi connectivity index (χ0) is 12.8. The van der Waals surface area contributed by atoms with E-state index in [2.05, 4.69) is 79.0 Å². The lowest BCUT2D eigenvalue weighted by molar-refractivity contribution is -0.712. The number of hydrogen-bond acceptors (Lipinski definition) is 2. The van der Waals surface area contributed by atoms with E-state index in [0.29, 0.717) is 12.1 Å². The standard InChI is InChI=1S/C13H25N4/c1-12(2)14-6-7-15(5)10-16-8-9-17(11-16)13(3)4/h6-9,11-14H,10H2,1-5H3/q+1/b7-6-. The third-order valence-electron chi connectivity index (χ3n) is 2.45. The van der Waals surface area contributed by atoms with Crippen molar-refractivity contribution in [3.8, 4) is 0 Å². The molecule has 0 bridgehead atoms. The molecule has 0 atom stereocenters. The van der Waals surface area contributed by atoms with E-state index in [9.17, 15) is 0 Å². The summed E-state index contributed by atoms with van der Waals surface area (Å²) in [6, 6.07) is 0.994. The van der Waals surface area contributed by atoms with Crippen molar-refractivity contribution in [1.29, 1.82) is 0 Å². The van der Waals surface area contributed by atoms with Gasteiger partial charge in [0.2, 0.25) is 6.33 Å². The highest BCUT2D eigenvalue weighted by Gasteiger charge is 2.06. The van der Waals surface area contributed by atoms with E-state index in [0.717, 1.165) is 6.67 Å². The van der Waals surface area contributed by atoms with E-state index >= 15 is 0 Å². The number of rotatable bonds is 6. The minimum atomic E-state index is 0.481. The van der Waals surface area contributed by atoms with E-state index in [4.69, 9.17) is 0 Å². The van der Waals surface area contributed by atoms with Crippen molar-refractivity contribution < 1.29 is 4.57 Å². The first-order valence-electron chi connectivity index (χ1n) is 6.18. The van der Waals surface area contributed by atoms with Gasteiger partial charge in [-0.25, -0.2) is 9.13 Å². The van der Waals surface area contributed by atoms with Gasteiger partial charge in [0.15, 0.2) is 6.67 Å². The predicted octanol–water partition coefficient (Wildman–Crippen LogP) is 1.71. The SMILES string of the molecule is CC(C)N/C=C\N(C)C[n+]1ccn(C(C)C)c1. The summed E-state index contributed by atoms with van der Waals surface area (Å²) in [5.74, 6) is 0. The fourth-order valence-corrected chi connectivity index (χ4v) is 1.47. The minimum Gasteiger partial charge on any atom is -0.388 e. The molecule has 0 fully saturated rings. The number of hydrogen-bond donors (Lipinski definition) is 1. The topological polar surface area (TPSA) is 24.1 Å². The highest BCUT2D eigenvalue weighted by atomic mass is 15.2. The predicted molar refractivity (Wildman–Crippen MR) is 70.2 cm³/mol. The maximum absolute atomic E-state index is 3.25. The maximum Gasteiger partial charge on any atom is 0.245 e. The summed E-state index contributed by atoms with van der Waals surface area (Å²) in [5, 5.41) is 3.25. The van der Waals surface area contributed by atoms with Crippen LogP contribution in [0.4, 0.5) is 0 Å². The van der Waals surface area contributed by atoms with E-state index in [1.165, 1.54) is 0 Å². The van der Waals surface area contributed by atoms with Crippen LogP contribution in [-0.4, -0.2) is 22.6 Å². The zero-order valence-corrected chi connectivity index (χ0v) is 11.6. The molecule has 1 rings (SSSR count). The Balaban J connectivity index is 2.44. The summed E-state index contributed by atoms with van der Waals surface area (Å²) >= 11 is 0. The van der Waals surface area contributed by atoms with Crippen LogP contribution in [0, 0.1) is 0 Å². The van der Waals surface area contributed by atoms with Crippen LogP contribution in [0.15, 0.2) is 31.1 Å². The summed E-state index contributed by atoms with van der Waals surface area (Å²) in [6.07, 6.45) is 10.4. The summed E-state index contributed by atoms with van der Waals surface area (Å²) in [5.41, 5.74) is 0. The van der Waals surface area contributed by atoms with Crippen LogP contribution in [0.2, 0.25) is 0 Å². The second-order valence-electron chi connectivity index (χ2n) is 5.00. The molecule has 1 aromatic heterocycles. The molecule has 17 heavy (non-hydrogen) atoms. The Morgan fingerprint density at radius 1 is 1.35 bits per heavy atom. The average Bonchev–Trinajstić information content (AvgIpc) is 2.65. The average molecular weight is 237 g/mol. The van der Waals surface area contributed by atoms with Crippen molar-refractivity contribution in [2.45, 2.75) is 46.4 Å². The molecule has 4 heteroatoms. The molecule has 1 aromatic rings. The molecule has 1 N–H and O–H groups in total. The molecular weight excluding hydrogens is 212 g/mol. The van der Waals surface area contributed by atoms with Crippen molar-refractivity contribution in [3.05, 3.63) is 31.1 Å². The molecule has 0 radical (unpaired) electrons. The van der Waals surface area contributed by atoms with E-state index in [1.807, 2.05) is 6.20 Å². The Morgan fingerprint density at radius 3 is 2.59 bits per heavy atom. The monoisotopic (exact) mass is 237 g/mol. The molecule has 96 valence electrons. The van der Waals surface area contributed by atoms with Gasteiger partial charge in [-0.1, -0.05) is 0 Å². The van der Waals surface area contributed by atoms with E-state index in [-0.39, 0.29) is 0 Å². The van der Waals surface area contributed by atoms with Crippen LogP contribution < -0.4 is 9.88 Å². The zero-order valence-electron chi connectivity index (χ0n) is 11.6. The van der Waals surface area contributed by atoms with Gasteiger partial charge >= 0.3 is 0 Å². The molecular formula is C13H25N4+. The van der Waals surface area contributed by atoms with Crippen LogP contribution >= 0.6 is 0 Å². The molecule has 0 aliphatic carbocycles. The van der Waals surface area contributed by atoms with E-state index in [1.54, 1.807) is 0 Å². The second kappa shape index (κ2) is 6.33. The van der Waals surface area contributed by atoms with Crippen LogP contribution in [0.1, 0.15) is 33.7 Å². The first-order chi connectivity index (χ1) is 7.99. The van der Waals surface area contributed by atoms with Gasteiger partial charge in [0.25, 0.3) is 0 Å². The maximum atomic E-state index is 3.25. The first-order valence-corrected chi connectivity index (χ1v) is 6.18. The summed E-state index contributed by atoms with van der Waals surface area (Å²) in [6.45, 7) is 9.47. The van der Waals surface area contributed by atoms with Crippen molar-refractivity contribution in [1.82, 2.24) is 14.8 Å². The third-order valence-corrected chi connectivity index (χ3v) is 2.45. The quantitative estimate of drug-likeness (QED) is 0.762. The van der Waals surface area contributed by atoms with Crippen LogP contribution in [-0.2, 0) is 6.67 Å². The number of nitrogens with one attached hydrogen (secondary N) is 1. The van der Waals surface area contributed by atoms with Crippen LogP contribution in [0.3, 0.4) is 0 Å². The van der Waals surface area contributed by atoms with Gasteiger partial charge in [-0.2, -0.15) is 0 Å². The largest absolute Gasteiger partial charge is 0.388 e. The summed E-state index contributed by atoms with van der Waals surface area (Å²) in [4.78, 5) is 2.14. The molecule has 0 saturated carbocycles. The normalized spacial score (nSPS) is 11.7. The van der Waals surface area contributed by atoms with Crippen LogP contribution in [0.5, 0.6) is 0 Å². The molecule has 0 aromatic carbocycles. The van der Waals surface area contributed by atoms with Crippen molar-refractivity contribution >= 4 is 0 Å². The lowest BCUT2D eigenvalue weighted by atomic mass is 10.4. The van der Waals surface area contributed by atoms with Gasteiger partial charge in [-0.15, -0.1) is 0 Å². The Labute approximate surface area is 105 Å². The Kier molecular flexibility index (Phi) is 5.07. The Bertz CT molecular complexity index is 352. The minimum absolute atomic E-state index is 0.481. The number of nitrogens with zero attached hydrogens (tertiary/aromatic N) is 3. The highest BCUT2D eigenvalue weighted by molar-refractivity contribution is 4.78. The second-order valence-corrected chi connectivity index (χ2v) is 5.00. The van der Waals surface area contributed by atoms with Gasteiger partial charge in [0.1, 0.15) is 12.4 Å². The van der Waals surface area contributed by atoms with Crippen molar-refractivity contribution in [2.75, 3.05) is 7.05 Å². The van der Waals surface area contributed by atoms with Gasteiger partial charge < -0.3 is 10.2 Å². The number of imidazole rings is 1. The van der Waals surface area contributed by atoms with Gasteiger partial charge in [0.05, 0.1) is 6.04 Å². The van der Waals surface area contributed by atoms with Gasteiger partial charge in [-0.3, -0.25) is 0 Å². The molecule has 0 spiro atoms. The molecule has 0 aliphatic rings. The first kappa shape index (κ1) is 13.6. The highest BCUT2D eigenvalue weighted by Crippen LogP contribution is 2.00. The van der Waals surface area contributed by atoms with E-state index < -0.39 is 0 Å².